The minimum Gasteiger partial charge on any atom is -0.326 e. The van der Waals surface area contributed by atoms with E-state index in [4.69, 9.17) is 5.73 Å². The van der Waals surface area contributed by atoms with Crippen LogP contribution in [0.1, 0.15) is 12.0 Å². The predicted molar refractivity (Wildman–Crippen MR) is 55.9 cm³/mol. The van der Waals surface area contributed by atoms with Crippen molar-refractivity contribution in [3.05, 3.63) is 18.0 Å². The van der Waals surface area contributed by atoms with Crippen LogP contribution < -0.4 is 5.73 Å². The maximum absolute atomic E-state index is 5.84. The third-order valence-electron chi connectivity index (χ3n) is 2.78. The van der Waals surface area contributed by atoms with Gasteiger partial charge in [0.25, 0.3) is 0 Å². The molecule has 0 bridgehead atoms. The lowest BCUT2D eigenvalue weighted by molar-refractivity contribution is 0.339. The SMILES string of the molecule is Cn1cc(CCN2CC[C@@H](N)C2)cn1. The van der Waals surface area contributed by atoms with E-state index < -0.39 is 0 Å². The standard InChI is InChI=1S/C10H18N4/c1-13-7-9(6-12-13)2-4-14-5-3-10(11)8-14/h6-7,10H,2-5,8,11H2,1H3/t10-/m1/s1. The lowest BCUT2D eigenvalue weighted by atomic mass is 10.2. The van der Waals surface area contributed by atoms with Crippen molar-refractivity contribution >= 4 is 0 Å². The molecule has 14 heavy (non-hydrogen) atoms. The summed E-state index contributed by atoms with van der Waals surface area (Å²) in [6.07, 6.45) is 6.25. The molecule has 1 aliphatic rings. The van der Waals surface area contributed by atoms with Crippen molar-refractivity contribution in [1.29, 1.82) is 0 Å². The average molecular weight is 194 g/mol. The minimum absolute atomic E-state index is 0.392. The van der Waals surface area contributed by atoms with Crippen molar-refractivity contribution in [3.8, 4) is 0 Å². The zero-order valence-corrected chi connectivity index (χ0v) is 8.69. The summed E-state index contributed by atoms with van der Waals surface area (Å²) in [5, 5.41) is 4.15. The van der Waals surface area contributed by atoms with Gasteiger partial charge in [-0.1, -0.05) is 0 Å². The molecule has 1 aromatic rings. The van der Waals surface area contributed by atoms with Gasteiger partial charge in [-0.15, -0.1) is 0 Å². The second kappa shape index (κ2) is 4.11. The van der Waals surface area contributed by atoms with E-state index in [9.17, 15) is 0 Å². The number of rotatable bonds is 3. The van der Waals surface area contributed by atoms with Gasteiger partial charge in [-0.2, -0.15) is 5.10 Å². The first-order chi connectivity index (χ1) is 6.74. The number of hydrogen-bond acceptors (Lipinski definition) is 3. The van der Waals surface area contributed by atoms with Gasteiger partial charge in [0, 0.05) is 32.4 Å². The Morgan fingerprint density at radius 2 is 2.50 bits per heavy atom. The molecule has 1 aliphatic heterocycles. The Hall–Kier alpha value is -0.870. The molecule has 1 atom stereocenters. The Morgan fingerprint density at radius 1 is 1.64 bits per heavy atom. The Balaban J connectivity index is 1.77. The van der Waals surface area contributed by atoms with Crippen LogP contribution in [0, 0.1) is 0 Å². The van der Waals surface area contributed by atoms with Crippen molar-refractivity contribution in [2.75, 3.05) is 19.6 Å². The molecule has 0 amide bonds. The highest BCUT2D eigenvalue weighted by atomic mass is 15.2. The molecular formula is C10H18N4. The summed E-state index contributed by atoms with van der Waals surface area (Å²) in [7, 11) is 1.95. The number of nitrogens with zero attached hydrogens (tertiary/aromatic N) is 3. The highest BCUT2D eigenvalue weighted by molar-refractivity contribution is 5.04. The quantitative estimate of drug-likeness (QED) is 0.736. The molecule has 2 heterocycles. The van der Waals surface area contributed by atoms with Crippen LogP contribution >= 0.6 is 0 Å². The second-order valence-electron chi connectivity index (χ2n) is 4.12. The molecule has 0 spiro atoms. The number of aryl methyl sites for hydroxylation is 1. The van der Waals surface area contributed by atoms with Crippen molar-refractivity contribution in [2.24, 2.45) is 12.8 Å². The van der Waals surface area contributed by atoms with Gasteiger partial charge in [0.05, 0.1) is 6.20 Å². The van der Waals surface area contributed by atoms with Crippen LogP contribution in [0.2, 0.25) is 0 Å². The molecule has 0 aliphatic carbocycles. The van der Waals surface area contributed by atoms with Crippen LogP contribution in [0.3, 0.4) is 0 Å². The summed E-state index contributed by atoms with van der Waals surface area (Å²) in [6.45, 7) is 3.32. The molecule has 0 saturated carbocycles. The van der Waals surface area contributed by atoms with E-state index in [0.717, 1.165) is 32.5 Å². The average Bonchev–Trinajstić information content (AvgIpc) is 2.72. The van der Waals surface area contributed by atoms with E-state index in [1.54, 1.807) is 0 Å². The first-order valence-electron chi connectivity index (χ1n) is 5.19. The van der Waals surface area contributed by atoms with Crippen LogP contribution in [-0.4, -0.2) is 40.4 Å². The largest absolute Gasteiger partial charge is 0.326 e. The fraction of sp³-hybridized carbons (Fsp3) is 0.700. The summed E-state index contributed by atoms with van der Waals surface area (Å²) in [4.78, 5) is 2.43. The van der Waals surface area contributed by atoms with E-state index in [1.807, 2.05) is 17.9 Å². The molecule has 0 unspecified atom stereocenters. The smallest absolute Gasteiger partial charge is 0.0522 e. The van der Waals surface area contributed by atoms with Gasteiger partial charge < -0.3 is 10.6 Å². The van der Waals surface area contributed by atoms with Gasteiger partial charge in [-0.3, -0.25) is 4.68 Å². The Kier molecular flexibility index (Phi) is 2.84. The summed E-state index contributed by atoms with van der Waals surface area (Å²) < 4.78 is 1.85. The summed E-state index contributed by atoms with van der Waals surface area (Å²) in [6, 6.07) is 0.392. The summed E-state index contributed by atoms with van der Waals surface area (Å²) >= 11 is 0. The topological polar surface area (TPSA) is 47.1 Å². The third-order valence-corrected chi connectivity index (χ3v) is 2.78. The zero-order valence-electron chi connectivity index (χ0n) is 8.69. The molecule has 4 heteroatoms. The molecule has 78 valence electrons. The monoisotopic (exact) mass is 194 g/mol. The molecule has 1 fully saturated rings. The Bertz CT molecular complexity index is 294. The predicted octanol–water partition coefficient (Wildman–Crippen LogP) is -0.00440. The van der Waals surface area contributed by atoms with Gasteiger partial charge in [-0.05, 0) is 24.9 Å². The summed E-state index contributed by atoms with van der Waals surface area (Å²) in [5.41, 5.74) is 7.15. The number of nitrogens with two attached hydrogens (primary N) is 1. The van der Waals surface area contributed by atoms with E-state index >= 15 is 0 Å². The first-order valence-corrected chi connectivity index (χ1v) is 5.19. The van der Waals surface area contributed by atoms with Crippen LogP contribution in [0.5, 0.6) is 0 Å². The fourth-order valence-corrected chi connectivity index (χ4v) is 1.95. The Labute approximate surface area is 84.7 Å². The first kappa shape index (κ1) is 9.68. The van der Waals surface area contributed by atoms with Crippen LogP contribution in [-0.2, 0) is 13.5 Å². The number of aromatic nitrogens is 2. The number of hydrogen-bond donors (Lipinski definition) is 1. The molecule has 2 rings (SSSR count). The maximum Gasteiger partial charge on any atom is 0.0522 e. The van der Waals surface area contributed by atoms with Crippen molar-refractivity contribution in [1.82, 2.24) is 14.7 Å². The lowest BCUT2D eigenvalue weighted by Gasteiger charge is -2.13. The van der Waals surface area contributed by atoms with Crippen molar-refractivity contribution < 1.29 is 0 Å². The van der Waals surface area contributed by atoms with Gasteiger partial charge in [0.15, 0.2) is 0 Å². The van der Waals surface area contributed by atoms with E-state index in [2.05, 4.69) is 16.2 Å². The van der Waals surface area contributed by atoms with E-state index in [1.165, 1.54) is 5.56 Å². The van der Waals surface area contributed by atoms with Crippen LogP contribution in [0.15, 0.2) is 12.4 Å². The highest BCUT2D eigenvalue weighted by Crippen LogP contribution is 2.08. The van der Waals surface area contributed by atoms with Gasteiger partial charge in [0.1, 0.15) is 0 Å². The highest BCUT2D eigenvalue weighted by Gasteiger charge is 2.18. The zero-order chi connectivity index (χ0) is 9.97. The third kappa shape index (κ3) is 2.33. The molecule has 2 N–H and O–H groups in total. The van der Waals surface area contributed by atoms with Gasteiger partial charge >= 0.3 is 0 Å². The van der Waals surface area contributed by atoms with Crippen molar-refractivity contribution in [3.63, 3.8) is 0 Å². The number of likely N-dealkylation sites (tertiary alicyclic amines) is 1. The molecule has 1 saturated heterocycles. The molecule has 4 nitrogen and oxygen atoms in total. The normalized spacial score (nSPS) is 23.1. The summed E-state index contributed by atoms with van der Waals surface area (Å²) in [5.74, 6) is 0. The van der Waals surface area contributed by atoms with Gasteiger partial charge in [0.2, 0.25) is 0 Å². The lowest BCUT2D eigenvalue weighted by Crippen LogP contribution is -2.28. The second-order valence-corrected chi connectivity index (χ2v) is 4.12. The minimum atomic E-state index is 0.392. The van der Waals surface area contributed by atoms with Gasteiger partial charge in [-0.25, -0.2) is 0 Å². The maximum atomic E-state index is 5.84. The van der Waals surface area contributed by atoms with Crippen LogP contribution in [0.25, 0.3) is 0 Å². The van der Waals surface area contributed by atoms with E-state index in [-0.39, 0.29) is 0 Å². The molecule has 1 aromatic heterocycles. The molecule has 0 aromatic carbocycles. The fourth-order valence-electron chi connectivity index (χ4n) is 1.95. The Morgan fingerprint density at radius 3 is 3.07 bits per heavy atom. The molecular weight excluding hydrogens is 176 g/mol. The van der Waals surface area contributed by atoms with E-state index in [0.29, 0.717) is 6.04 Å². The molecule has 0 radical (unpaired) electrons. The van der Waals surface area contributed by atoms with Crippen LogP contribution in [0.4, 0.5) is 0 Å². The van der Waals surface area contributed by atoms with Crippen molar-refractivity contribution in [2.45, 2.75) is 18.9 Å².